The summed E-state index contributed by atoms with van der Waals surface area (Å²) in [5.74, 6) is 0.0411. The van der Waals surface area contributed by atoms with E-state index < -0.39 is 0 Å². The molecule has 1 aromatic heterocycles. The van der Waals surface area contributed by atoms with Gasteiger partial charge in [0.1, 0.15) is 0 Å². The minimum Gasteiger partial charge on any atom is -0.352 e. The second-order valence-corrected chi connectivity index (χ2v) is 6.72. The van der Waals surface area contributed by atoms with E-state index in [4.69, 9.17) is 0 Å². The zero-order valence-electron chi connectivity index (χ0n) is 14.6. The van der Waals surface area contributed by atoms with Gasteiger partial charge in [0.05, 0.1) is 5.56 Å². The third-order valence-corrected chi connectivity index (χ3v) is 4.87. The number of likely N-dealkylation sites (tertiary alicyclic amines) is 1. The van der Waals surface area contributed by atoms with Crippen molar-refractivity contribution in [3.63, 3.8) is 0 Å². The first-order valence-corrected chi connectivity index (χ1v) is 9.12. The molecule has 0 spiro atoms. The third kappa shape index (κ3) is 4.18. The summed E-state index contributed by atoms with van der Waals surface area (Å²) in [5, 5.41) is 4.10. The minimum atomic E-state index is 0.0411. The maximum absolute atomic E-state index is 12.4. The first-order chi connectivity index (χ1) is 11.8. The third-order valence-electron chi connectivity index (χ3n) is 4.87. The van der Waals surface area contributed by atoms with Gasteiger partial charge in [-0.05, 0) is 44.8 Å². The van der Waals surface area contributed by atoms with E-state index in [9.17, 15) is 4.79 Å². The largest absolute Gasteiger partial charge is 0.352 e. The van der Waals surface area contributed by atoms with E-state index in [2.05, 4.69) is 16.6 Å². The Balaban J connectivity index is 1.36. The zero-order chi connectivity index (χ0) is 16.8. The molecule has 2 aromatic rings. The number of carbonyl (C=O) groups is 1. The Morgan fingerprint density at radius 1 is 1.17 bits per heavy atom. The van der Waals surface area contributed by atoms with Gasteiger partial charge >= 0.3 is 0 Å². The Labute approximate surface area is 144 Å². The van der Waals surface area contributed by atoms with Gasteiger partial charge in [-0.15, -0.1) is 0 Å². The molecule has 2 heterocycles. The van der Waals surface area contributed by atoms with Crippen molar-refractivity contribution >= 4 is 16.8 Å². The molecule has 1 aliphatic rings. The number of fused-ring (bicyclic) bond motifs is 1. The number of hydrogen-bond donors (Lipinski definition) is 1. The van der Waals surface area contributed by atoms with Crippen LogP contribution >= 0.6 is 0 Å². The van der Waals surface area contributed by atoms with Crippen LogP contribution in [0.4, 0.5) is 0 Å². The molecule has 1 saturated heterocycles. The molecule has 4 heteroatoms. The predicted octanol–water partition coefficient (Wildman–Crippen LogP) is 3.38. The van der Waals surface area contributed by atoms with Gasteiger partial charge in [0, 0.05) is 37.2 Å². The van der Waals surface area contributed by atoms with Crippen molar-refractivity contribution in [3.05, 3.63) is 42.4 Å². The van der Waals surface area contributed by atoms with Crippen molar-refractivity contribution in [2.75, 3.05) is 26.2 Å². The maximum atomic E-state index is 12.4. The second kappa shape index (κ2) is 8.34. The van der Waals surface area contributed by atoms with Crippen molar-refractivity contribution in [1.29, 1.82) is 0 Å². The number of para-hydroxylation sites is 1. The minimum absolute atomic E-state index is 0.0411. The van der Waals surface area contributed by atoms with Crippen molar-refractivity contribution in [2.45, 2.75) is 32.1 Å². The number of amides is 1. The summed E-state index contributed by atoms with van der Waals surface area (Å²) in [4.78, 5) is 14.9. The fourth-order valence-electron chi connectivity index (χ4n) is 3.48. The van der Waals surface area contributed by atoms with E-state index >= 15 is 0 Å². The lowest BCUT2D eigenvalue weighted by atomic mass is 10.1. The van der Waals surface area contributed by atoms with Gasteiger partial charge in [-0.3, -0.25) is 4.79 Å². The summed E-state index contributed by atoms with van der Waals surface area (Å²) < 4.78 is 2.01. The Morgan fingerprint density at radius 3 is 2.83 bits per heavy atom. The van der Waals surface area contributed by atoms with E-state index in [0.29, 0.717) is 0 Å². The molecule has 0 unspecified atom stereocenters. The van der Waals surface area contributed by atoms with Gasteiger partial charge < -0.3 is 14.8 Å². The van der Waals surface area contributed by atoms with E-state index in [1.165, 1.54) is 45.3 Å². The molecule has 129 valence electrons. The van der Waals surface area contributed by atoms with Crippen LogP contribution in [-0.4, -0.2) is 41.6 Å². The maximum Gasteiger partial charge on any atom is 0.253 e. The summed E-state index contributed by atoms with van der Waals surface area (Å²) in [5.41, 5.74) is 1.88. The number of unbranched alkanes of at least 4 members (excludes halogenated alkanes) is 3. The van der Waals surface area contributed by atoms with Crippen LogP contribution in [0.15, 0.2) is 30.5 Å². The molecule has 1 amide bonds. The van der Waals surface area contributed by atoms with Crippen LogP contribution in [-0.2, 0) is 7.05 Å². The summed E-state index contributed by atoms with van der Waals surface area (Å²) in [7, 11) is 1.98. The SMILES string of the molecule is Cn1cc(C(=O)NCCCCCCN2C[CH]CC2)c2ccccc21. The molecule has 0 saturated carbocycles. The summed E-state index contributed by atoms with van der Waals surface area (Å²) in [6, 6.07) is 8.05. The molecule has 1 radical (unpaired) electrons. The topological polar surface area (TPSA) is 37.3 Å². The Bertz CT molecular complexity index is 671. The molecule has 0 aliphatic carbocycles. The first-order valence-electron chi connectivity index (χ1n) is 9.12. The van der Waals surface area contributed by atoms with E-state index in [0.717, 1.165) is 29.4 Å². The highest BCUT2D eigenvalue weighted by atomic mass is 16.1. The lowest BCUT2D eigenvalue weighted by Gasteiger charge is -2.13. The quantitative estimate of drug-likeness (QED) is 0.755. The standard InChI is InChI=1S/C20H28N3O/c1-22-16-18(17-10-4-5-11-19(17)22)20(24)21-12-6-2-3-7-13-23-14-8-9-15-23/h4-5,8,10-11,16H,2-3,6-7,9,12-15H2,1H3,(H,21,24). The first kappa shape index (κ1) is 17.0. The fraction of sp³-hybridized carbons (Fsp3) is 0.500. The summed E-state index contributed by atoms with van der Waals surface area (Å²) >= 11 is 0. The molecule has 4 nitrogen and oxygen atoms in total. The van der Waals surface area contributed by atoms with E-state index in [1.54, 1.807) is 0 Å². The second-order valence-electron chi connectivity index (χ2n) is 6.72. The molecule has 3 rings (SSSR count). The van der Waals surface area contributed by atoms with Crippen molar-refractivity contribution in [2.24, 2.45) is 7.05 Å². The molecule has 0 bridgehead atoms. The molecule has 24 heavy (non-hydrogen) atoms. The van der Waals surface area contributed by atoms with Crippen molar-refractivity contribution in [3.8, 4) is 0 Å². The summed E-state index contributed by atoms with van der Waals surface area (Å²) in [6.07, 6.45) is 10.3. The van der Waals surface area contributed by atoms with Gasteiger partial charge in [0.25, 0.3) is 5.91 Å². The normalized spacial score (nSPS) is 15.2. The highest BCUT2D eigenvalue weighted by Gasteiger charge is 2.13. The Morgan fingerprint density at radius 2 is 2.00 bits per heavy atom. The van der Waals surface area contributed by atoms with Crippen LogP contribution in [0.5, 0.6) is 0 Å². The van der Waals surface area contributed by atoms with Crippen LogP contribution in [0.25, 0.3) is 10.9 Å². The molecule has 0 atom stereocenters. The number of nitrogens with zero attached hydrogens (tertiary/aromatic N) is 2. The monoisotopic (exact) mass is 326 g/mol. The lowest BCUT2D eigenvalue weighted by Crippen LogP contribution is -2.24. The number of nitrogens with one attached hydrogen (secondary N) is 1. The molecule has 1 N–H and O–H groups in total. The molecule has 1 aromatic carbocycles. The van der Waals surface area contributed by atoms with Gasteiger partial charge in [-0.25, -0.2) is 0 Å². The van der Waals surface area contributed by atoms with Gasteiger partial charge in [0.2, 0.25) is 0 Å². The van der Waals surface area contributed by atoms with Crippen LogP contribution < -0.4 is 5.32 Å². The molecular weight excluding hydrogens is 298 g/mol. The van der Waals surface area contributed by atoms with Gasteiger partial charge in [0.15, 0.2) is 0 Å². The Hall–Kier alpha value is -1.81. The van der Waals surface area contributed by atoms with Gasteiger partial charge in [-0.1, -0.05) is 31.0 Å². The highest BCUT2D eigenvalue weighted by Crippen LogP contribution is 2.20. The summed E-state index contributed by atoms with van der Waals surface area (Å²) in [6.45, 7) is 4.39. The number of hydrogen-bond acceptors (Lipinski definition) is 2. The number of rotatable bonds is 8. The van der Waals surface area contributed by atoms with Crippen LogP contribution in [0.2, 0.25) is 0 Å². The lowest BCUT2D eigenvalue weighted by molar-refractivity contribution is 0.0954. The number of carbonyl (C=O) groups excluding carboxylic acids is 1. The van der Waals surface area contributed by atoms with Crippen LogP contribution in [0, 0.1) is 6.42 Å². The highest BCUT2D eigenvalue weighted by molar-refractivity contribution is 6.06. The number of aryl methyl sites for hydroxylation is 1. The van der Waals surface area contributed by atoms with Crippen molar-refractivity contribution in [1.82, 2.24) is 14.8 Å². The molecule has 1 fully saturated rings. The molecule has 1 aliphatic heterocycles. The van der Waals surface area contributed by atoms with Crippen LogP contribution in [0.3, 0.4) is 0 Å². The molecular formula is C20H28N3O. The predicted molar refractivity (Wildman–Crippen MR) is 99.1 cm³/mol. The smallest absolute Gasteiger partial charge is 0.253 e. The zero-order valence-corrected chi connectivity index (χ0v) is 14.6. The van der Waals surface area contributed by atoms with Crippen molar-refractivity contribution < 1.29 is 4.79 Å². The van der Waals surface area contributed by atoms with Crippen LogP contribution in [0.1, 0.15) is 42.5 Å². The number of benzene rings is 1. The fourth-order valence-corrected chi connectivity index (χ4v) is 3.48. The number of aromatic nitrogens is 1. The van der Waals surface area contributed by atoms with E-state index in [-0.39, 0.29) is 5.91 Å². The van der Waals surface area contributed by atoms with Gasteiger partial charge in [-0.2, -0.15) is 0 Å². The van der Waals surface area contributed by atoms with E-state index in [1.807, 2.05) is 42.1 Å². The average Bonchev–Trinajstić information content (AvgIpc) is 3.22. The Kier molecular flexibility index (Phi) is 5.91. The average molecular weight is 326 g/mol.